The number of ether oxygens (including phenoxy) is 1. The van der Waals surface area contributed by atoms with Crippen LogP contribution in [0.2, 0.25) is 0 Å². The van der Waals surface area contributed by atoms with E-state index in [4.69, 9.17) is 4.74 Å². The highest BCUT2D eigenvalue weighted by atomic mass is 32.1. The quantitative estimate of drug-likeness (QED) is 0.854. The first kappa shape index (κ1) is 12.8. The molecule has 0 radical (unpaired) electrons. The van der Waals surface area contributed by atoms with Crippen LogP contribution in [0.5, 0.6) is 0 Å². The zero-order valence-electron chi connectivity index (χ0n) is 11.1. The number of rotatable bonds is 4. The molecular formula is C15H18N2OS. The van der Waals surface area contributed by atoms with E-state index >= 15 is 0 Å². The van der Waals surface area contributed by atoms with Gasteiger partial charge in [0.1, 0.15) is 11.2 Å². The largest absolute Gasteiger partial charge is 0.366 e. The number of hydrogen-bond donors (Lipinski definition) is 0. The smallest absolute Gasteiger partial charge is 0.123 e. The average molecular weight is 274 g/mol. The summed E-state index contributed by atoms with van der Waals surface area (Å²) in [5, 5.41) is 3.10. The zero-order valence-corrected chi connectivity index (χ0v) is 11.9. The molecule has 0 unspecified atom stereocenters. The van der Waals surface area contributed by atoms with E-state index in [0.717, 1.165) is 24.5 Å². The molecule has 3 nitrogen and oxygen atoms in total. The molecule has 1 fully saturated rings. The molecule has 0 spiro atoms. The van der Waals surface area contributed by atoms with E-state index in [1.807, 2.05) is 11.6 Å². The van der Waals surface area contributed by atoms with Crippen LogP contribution >= 0.6 is 11.3 Å². The Morgan fingerprint density at radius 1 is 1.37 bits per heavy atom. The van der Waals surface area contributed by atoms with Crippen molar-refractivity contribution in [2.75, 3.05) is 13.7 Å². The summed E-state index contributed by atoms with van der Waals surface area (Å²) in [7, 11) is 1.80. The fraction of sp³-hybridized carbons (Fsp3) is 0.400. The maximum atomic E-state index is 5.50. The molecule has 0 bridgehead atoms. The Hall–Kier alpha value is -1.23. The van der Waals surface area contributed by atoms with Gasteiger partial charge in [0, 0.05) is 37.3 Å². The van der Waals surface area contributed by atoms with Crippen molar-refractivity contribution in [3.8, 4) is 10.6 Å². The van der Waals surface area contributed by atoms with Gasteiger partial charge in [0.2, 0.25) is 0 Å². The van der Waals surface area contributed by atoms with E-state index in [-0.39, 0.29) is 0 Å². The van der Waals surface area contributed by atoms with Crippen LogP contribution in [0.1, 0.15) is 18.4 Å². The lowest BCUT2D eigenvalue weighted by atomic mass is 10.1. The van der Waals surface area contributed by atoms with Gasteiger partial charge in [-0.25, -0.2) is 4.98 Å². The Morgan fingerprint density at radius 2 is 2.21 bits per heavy atom. The predicted octanol–water partition coefficient (Wildman–Crippen LogP) is 3.38. The molecular weight excluding hydrogens is 256 g/mol. The average Bonchev–Trinajstić information content (AvgIpc) is 3.10. The number of benzene rings is 1. The van der Waals surface area contributed by atoms with Gasteiger partial charge in [0.05, 0.1) is 0 Å². The summed E-state index contributed by atoms with van der Waals surface area (Å²) < 4.78 is 5.50. The fourth-order valence-electron chi connectivity index (χ4n) is 2.60. The first-order valence-corrected chi connectivity index (χ1v) is 7.50. The summed E-state index contributed by atoms with van der Waals surface area (Å²) in [5.41, 5.74) is 2.53. The first-order chi connectivity index (χ1) is 9.36. The molecule has 1 atom stereocenters. The first-order valence-electron chi connectivity index (χ1n) is 6.62. The van der Waals surface area contributed by atoms with Gasteiger partial charge in [-0.3, -0.25) is 4.90 Å². The van der Waals surface area contributed by atoms with E-state index in [1.54, 1.807) is 18.4 Å². The predicted molar refractivity (Wildman–Crippen MR) is 78.0 cm³/mol. The topological polar surface area (TPSA) is 25.4 Å². The summed E-state index contributed by atoms with van der Waals surface area (Å²) in [6.07, 6.45) is 4.52. The van der Waals surface area contributed by atoms with Gasteiger partial charge in [-0.15, -0.1) is 11.3 Å². The van der Waals surface area contributed by atoms with E-state index in [0.29, 0.717) is 6.23 Å². The van der Waals surface area contributed by atoms with Crippen LogP contribution in [-0.4, -0.2) is 29.8 Å². The standard InChI is InChI=1S/C15H18N2OS/c1-18-14-3-2-9-17(14)11-12-4-6-13(7-5-12)15-16-8-10-19-15/h4-8,10,14H,2-3,9,11H2,1H3/t14-/m0/s1. The van der Waals surface area contributed by atoms with Gasteiger partial charge >= 0.3 is 0 Å². The number of nitrogens with zero attached hydrogens (tertiary/aromatic N) is 2. The molecule has 19 heavy (non-hydrogen) atoms. The van der Waals surface area contributed by atoms with Crippen molar-refractivity contribution in [2.45, 2.75) is 25.6 Å². The minimum atomic E-state index is 0.290. The molecule has 0 amide bonds. The van der Waals surface area contributed by atoms with Gasteiger partial charge in [0.15, 0.2) is 0 Å². The highest BCUT2D eigenvalue weighted by Gasteiger charge is 2.23. The van der Waals surface area contributed by atoms with Crippen LogP contribution in [0.15, 0.2) is 35.8 Å². The SMILES string of the molecule is CO[C@H]1CCCN1Cc1ccc(-c2nccs2)cc1. The summed E-state index contributed by atoms with van der Waals surface area (Å²) in [6, 6.07) is 8.71. The normalized spacial score (nSPS) is 19.9. The molecule has 100 valence electrons. The van der Waals surface area contributed by atoms with Crippen molar-refractivity contribution in [3.05, 3.63) is 41.4 Å². The summed E-state index contributed by atoms with van der Waals surface area (Å²) in [4.78, 5) is 6.73. The number of likely N-dealkylation sites (tertiary alicyclic amines) is 1. The van der Waals surface area contributed by atoms with Gasteiger partial charge in [-0.1, -0.05) is 24.3 Å². The van der Waals surface area contributed by atoms with Gasteiger partial charge in [-0.2, -0.15) is 0 Å². The number of hydrogen-bond acceptors (Lipinski definition) is 4. The molecule has 2 aromatic rings. The molecule has 0 N–H and O–H groups in total. The second kappa shape index (κ2) is 5.82. The maximum Gasteiger partial charge on any atom is 0.123 e. The van der Waals surface area contributed by atoms with E-state index < -0.39 is 0 Å². The number of methoxy groups -OCH3 is 1. The van der Waals surface area contributed by atoms with Crippen molar-refractivity contribution in [2.24, 2.45) is 0 Å². The minimum Gasteiger partial charge on any atom is -0.366 e. The lowest BCUT2D eigenvalue weighted by molar-refractivity contribution is -0.00814. The van der Waals surface area contributed by atoms with Crippen LogP contribution in [-0.2, 0) is 11.3 Å². The Kier molecular flexibility index (Phi) is 3.92. The Morgan fingerprint density at radius 3 is 2.89 bits per heavy atom. The molecule has 4 heteroatoms. The lowest BCUT2D eigenvalue weighted by Crippen LogP contribution is -2.30. The molecule has 1 aromatic carbocycles. The molecule has 1 saturated heterocycles. The van der Waals surface area contributed by atoms with Gasteiger partial charge < -0.3 is 4.74 Å². The molecule has 1 aromatic heterocycles. The van der Waals surface area contributed by atoms with Crippen molar-refractivity contribution in [1.29, 1.82) is 0 Å². The molecule has 0 saturated carbocycles. The highest BCUT2D eigenvalue weighted by Crippen LogP contribution is 2.24. The monoisotopic (exact) mass is 274 g/mol. The van der Waals surface area contributed by atoms with E-state index in [2.05, 4.69) is 34.1 Å². The third-order valence-electron chi connectivity index (χ3n) is 3.59. The van der Waals surface area contributed by atoms with E-state index in [1.165, 1.54) is 17.5 Å². The molecule has 1 aliphatic rings. The van der Waals surface area contributed by atoms with Crippen LogP contribution in [0, 0.1) is 0 Å². The van der Waals surface area contributed by atoms with Crippen LogP contribution < -0.4 is 0 Å². The second-order valence-electron chi connectivity index (χ2n) is 4.84. The van der Waals surface area contributed by atoms with Crippen LogP contribution in [0.4, 0.5) is 0 Å². The molecule has 2 heterocycles. The van der Waals surface area contributed by atoms with Crippen molar-refractivity contribution in [1.82, 2.24) is 9.88 Å². The summed E-state index contributed by atoms with van der Waals surface area (Å²) in [6.45, 7) is 2.10. The summed E-state index contributed by atoms with van der Waals surface area (Å²) in [5.74, 6) is 0. The van der Waals surface area contributed by atoms with Crippen molar-refractivity contribution < 1.29 is 4.74 Å². The number of aromatic nitrogens is 1. The van der Waals surface area contributed by atoms with Gasteiger partial charge in [-0.05, 0) is 18.4 Å². The van der Waals surface area contributed by atoms with Gasteiger partial charge in [0.25, 0.3) is 0 Å². The van der Waals surface area contributed by atoms with Crippen LogP contribution in [0.3, 0.4) is 0 Å². The Balaban J connectivity index is 1.69. The third-order valence-corrected chi connectivity index (χ3v) is 4.42. The Bertz CT molecular complexity index is 509. The maximum absolute atomic E-state index is 5.50. The fourth-order valence-corrected chi connectivity index (χ4v) is 3.24. The molecule has 1 aliphatic heterocycles. The van der Waals surface area contributed by atoms with Crippen molar-refractivity contribution >= 4 is 11.3 Å². The minimum absolute atomic E-state index is 0.290. The zero-order chi connectivity index (χ0) is 13.1. The lowest BCUT2D eigenvalue weighted by Gasteiger charge is -2.22. The highest BCUT2D eigenvalue weighted by molar-refractivity contribution is 7.13. The van der Waals surface area contributed by atoms with Crippen molar-refractivity contribution in [3.63, 3.8) is 0 Å². The third kappa shape index (κ3) is 2.86. The second-order valence-corrected chi connectivity index (χ2v) is 5.73. The summed E-state index contributed by atoms with van der Waals surface area (Å²) >= 11 is 1.68. The van der Waals surface area contributed by atoms with E-state index in [9.17, 15) is 0 Å². The Labute approximate surface area is 117 Å². The van der Waals surface area contributed by atoms with Crippen LogP contribution in [0.25, 0.3) is 10.6 Å². The molecule has 3 rings (SSSR count). The molecule has 0 aliphatic carbocycles. The number of thiazole rings is 1.